The number of para-hydroxylation sites is 1. The maximum Gasteiger partial charge on any atom is 0.240 e. The Morgan fingerprint density at radius 2 is 2.21 bits per heavy atom. The van der Waals surface area contributed by atoms with Crippen molar-refractivity contribution in [3.63, 3.8) is 0 Å². The van der Waals surface area contributed by atoms with Crippen molar-refractivity contribution in [3.8, 4) is 0 Å². The number of ether oxygens (including phenoxy) is 1. The molecule has 7 heteroatoms. The fourth-order valence-corrected chi connectivity index (χ4v) is 2.94. The summed E-state index contributed by atoms with van der Waals surface area (Å²) >= 11 is 0. The smallest absolute Gasteiger partial charge is 0.240 e. The van der Waals surface area contributed by atoms with Gasteiger partial charge in [0.05, 0.1) is 18.4 Å². The molecule has 1 saturated heterocycles. The molecule has 19 heavy (non-hydrogen) atoms. The lowest BCUT2D eigenvalue weighted by Crippen LogP contribution is -2.44. The SMILES string of the molecule is CN(CC1CNCCO1)c1ccccc1S(N)(=O)=O. The molecular weight excluding hydrogens is 266 g/mol. The molecule has 0 spiro atoms. The molecule has 0 aliphatic carbocycles. The summed E-state index contributed by atoms with van der Waals surface area (Å²) < 4.78 is 28.7. The second kappa shape index (κ2) is 5.87. The largest absolute Gasteiger partial charge is 0.374 e. The maximum absolute atomic E-state index is 11.6. The second-order valence-corrected chi connectivity index (χ2v) is 6.12. The van der Waals surface area contributed by atoms with Crippen LogP contribution in [-0.4, -0.2) is 47.8 Å². The van der Waals surface area contributed by atoms with Gasteiger partial charge in [-0.2, -0.15) is 0 Å². The third-order valence-electron chi connectivity index (χ3n) is 3.06. The molecule has 1 heterocycles. The zero-order valence-corrected chi connectivity index (χ0v) is 11.7. The van der Waals surface area contributed by atoms with Crippen molar-refractivity contribution in [1.29, 1.82) is 0 Å². The van der Waals surface area contributed by atoms with E-state index >= 15 is 0 Å². The molecule has 6 nitrogen and oxygen atoms in total. The Morgan fingerprint density at radius 1 is 1.47 bits per heavy atom. The molecule has 1 atom stereocenters. The molecule has 0 aromatic heterocycles. The summed E-state index contributed by atoms with van der Waals surface area (Å²) in [6, 6.07) is 6.72. The first-order valence-electron chi connectivity index (χ1n) is 6.14. The van der Waals surface area contributed by atoms with E-state index in [0.29, 0.717) is 18.8 Å². The molecule has 0 saturated carbocycles. The van der Waals surface area contributed by atoms with E-state index < -0.39 is 10.0 Å². The number of nitrogens with one attached hydrogen (secondary N) is 1. The Hall–Kier alpha value is -1.15. The number of anilines is 1. The molecule has 0 radical (unpaired) electrons. The number of hydrogen-bond acceptors (Lipinski definition) is 5. The van der Waals surface area contributed by atoms with Gasteiger partial charge in [0.15, 0.2) is 0 Å². The summed E-state index contributed by atoms with van der Waals surface area (Å²) in [5.74, 6) is 0. The van der Waals surface area contributed by atoms with Gasteiger partial charge in [0.1, 0.15) is 4.90 Å². The lowest BCUT2D eigenvalue weighted by atomic mass is 10.2. The summed E-state index contributed by atoms with van der Waals surface area (Å²) in [6.45, 7) is 2.91. The average Bonchev–Trinajstić information content (AvgIpc) is 2.39. The normalized spacial score (nSPS) is 20.2. The molecule has 106 valence electrons. The van der Waals surface area contributed by atoms with Crippen LogP contribution in [0.25, 0.3) is 0 Å². The highest BCUT2D eigenvalue weighted by Gasteiger charge is 2.20. The number of nitrogens with zero attached hydrogens (tertiary/aromatic N) is 1. The topological polar surface area (TPSA) is 84.7 Å². The van der Waals surface area contributed by atoms with Gasteiger partial charge in [0, 0.05) is 26.7 Å². The van der Waals surface area contributed by atoms with Crippen molar-refractivity contribution in [3.05, 3.63) is 24.3 Å². The molecule has 2 rings (SSSR count). The average molecular weight is 285 g/mol. The number of morpholine rings is 1. The van der Waals surface area contributed by atoms with Crippen LogP contribution in [0.3, 0.4) is 0 Å². The molecule has 0 bridgehead atoms. The Bertz CT molecular complexity index is 527. The zero-order valence-electron chi connectivity index (χ0n) is 10.9. The van der Waals surface area contributed by atoms with Gasteiger partial charge in [-0.1, -0.05) is 12.1 Å². The Balaban J connectivity index is 2.16. The quantitative estimate of drug-likeness (QED) is 0.797. The van der Waals surface area contributed by atoms with Crippen LogP contribution in [-0.2, 0) is 14.8 Å². The Kier molecular flexibility index (Phi) is 4.41. The first kappa shape index (κ1) is 14.3. The lowest BCUT2D eigenvalue weighted by Gasteiger charge is -2.29. The minimum atomic E-state index is -3.72. The van der Waals surface area contributed by atoms with Gasteiger partial charge in [-0.15, -0.1) is 0 Å². The van der Waals surface area contributed by atoms with Crippen molar-refractivity contribution >= 4 is 15.7 Å². The fourth-order valence-electron chi connectivity index (χ4n) is 2.15. The first-order valence-corrected chi connectivity index (χ1v) is 7.68. The molecule has 1 aliphatic rings. The van der Waals surface area contributed by atoms with Crippen LogP contribution in [0, 0.1) is 0 Å². The van der Waals surface area contributed by atoms with Gasteiger partial charge in [-0.3, -0.25) is 0 Å². The van der Waals surface area contributed by atoms with E-state index in [1.165, 1.54) is 6.07 Å². The van der Waals surface area contributed by atoms with Crippen LogP contribution >= 0.6 is 0 Å². The van der Waals surface area contributed by atoms with Gasteiger partial charge in [-0.25, -0.2) is 13.6 Å². The minimum Gasteiger partial charge on any atom is -0.374 e. The highest BCUT2D eigenvalue weighted by Crippen LogP contribution is 2.23. The number of sulfonamides is 1. The first-order chi connectivity index (χ1) is 8.98. The van der Waals surface area contributed by atoms with E-state index in [2.05, 4.69) is 5.32 Å². The van der Waals surface area contributed by atoms with E-state index in [9.17, 15) is 8.42 Å². The van der Waals surface area contributed by atoms with Crippen LogP contribution in [0.4, 0.5) is 5.69 Å². The summed E-state index contributed by atoms with van der Waals surface area (Å²) in [5.41, 5.74) is 0.596. The number of nitrogens with two attached hydrogens (primary N) is 1. The van der Waals surface area contributed by atoms with Crippen LogP contribution in [0.2, 0.25) is 0 Å². The third kappa shape index (κ3) is 3.66. The number of rotatable bonds is 4. The Morgan fingerprint density at radius 3 is 2.84 bits per heavy atom. The van der Waals surface area contributed by atoms with Crippen molar-refractivity contribution in [2.45, 2.75) is 11.0 Å². The van der Waals surface area contributed by atoms with Gasteiger partial charge in [-0.05, 0) is 12.1 Å². The van der Waals surface area contributed by atoms with Crippen LogP contribution in [0.5, 0.6) is 0 Å². The van der Waals surface area contributed by atoms with Crippen molar-refractivity contribution < 1.29 is 13.2 Å². The molecule has 0 amide bonds. The van der Waals surface area contributed by atoms with Gasteiger partial charge in [0.25, 0.3) is 0 Å². The molecule has 1 aliphatic heterocycles. The number of primary sulfonamides is 1. The highest BCUT2D eigenvalue weighted by atomic mass is 32.2. The molecule has 1 unspecified atom stereocenters. The lowest BCUT2D eigenvalue weighted by molar-refractivity contribution is 0.0339. The Labute approximate surface area is 113 Å². The standard InChI is InChI=1S/C12H19N3O3S/c1-15(9-10-8-14-6-7-18-10)11-4-2-3-5-12(11)19(13,16)17/h2-5,10,14H,6-9H2,1H3,(H2,13,16,17). The van der Waals surface area contributed by atoms with Crippen molar-refractivity contribution in [2.75, 3.05) is 38.2 Å². The monoisotopic (exact) mass is 285 g/mol. The number of likely N-dealkylation sites (N-methyl/N-ethyl adjacent to an activating group) is 1. The minimum absolute atomic E-state index is 0.0484. The van der Waals surface area contributed by atoms with E-state index in [1.54, 1.807) is 18.2 Å². The highest BCUT2D eigenvalue weighted by molar-refractivity contribution is 7.89. The third-order valence-corrected chi connectivity index (χ3v) is 4.02. The van der Waals surface area contributed by atoms with Gasteiger partial charge >= 0.3 is 0 Å². The predicted molar refractivity (Wildman–Crippen MR) is 73.7 cm³/mol. The molecule has 3 N–H and O–H groups in total. The molecular formula is C12H19N3O3S. The van der Waals surface area contributed by atoms with Crippen LogP contribution in [0.1, 0.15) is 0 Å². The predicted octanol–water partition coefficient (Wildman–Crippen LogP) is -0.241. The van der Waals surface area contributed by atoms with Gasteiger partial charge in [0.2, 0.25) is 10.0 Å². The van der Waals surface area contributed by atoms with E-state index in [1.807, 2.05) is 11.9 Å². The molecule has 1 aromatic rings. The fraction of sp³-hybridized carbons (Fsp3) is 0.500. The van der Waals surface area contributed by atoms with E-state index in [-0.39, 0.29) is 11.0 Å². The summed E-state index contributed by atoms with van der Waals surface area (Å²) in [7, 11) is -1.88. The molecule has 1 aromatic carbocycles. The number of hydrogen-bond donors (Lipinski definition) is 2. The van der Waals surface area contributed by atoms with Crippen LogP contribution < -0.4 is 15.4 Å². The van der Waals surface area contributed by atoms with Crippen LogP contribution in [0.15, 0.2) is 29.2 Å². The maximum atomic E-state index is 11.6. The summed E-state index contributed by atoms with van der Waals surface area (Å²) in [6.07, 6.45) is 0.0484. The summed E-state index contributed by atoms with van der Waals surface area (Å²) in [5, 5.41) is 8.47. The number of benzene rings is 1. The molecule has 1 fully saturated rings. The van der Waals surface area contributed by atoms with Crippen molar-refractivity contribution in [1.82, 2.24) is 5.32 Å². The zero-order chi connectivity index (χ0) is 13.9. The van der Waals surface area contributed by atoms with E-state index in [0.717, 1.165) is 13.1 Å². The van der Waals surface area contributed by atoms with E-state index in [4.69, 9.17) is 9.88 Å². The summed E-state index contributed by atoms with van der Waals surface area (Å²) in [4.78, 5) is 2.00. The second-order valence-electron chi connectivity index (χ2n) is 4.59. The van der Waals surface area contributed by atoms with Gasteiger partial charge < -0.3 is 15.0 Å². The van der Waals surface area contributed by atoms with Crippen molar-refractivity contribution in [2.24, 2.45) is 5.14 Å².